The highest BCUT2D eigenvalue weighted by Gasteiger charge is 2.08. The zero-order valence-corrected chi connectivity index (χ0v) is 10.8. The average Bonchev–Trinajstić information content (AvgIpc) is 2.86. The van der Waals surface area contributed by atoms with E-state index < -0.39 is 0 Å². The van der Waals surface area contributed by atoms with Crippen LogP contribution in [0, 0.1) is 11.3 Å². The second kappa shape index (κ2) is 6.03. The molecule has 0 atom stereocenters. The van der Waals surface area contributed by atoms with Gasteiger partial charge >= 0.3 is 0 Å². The molecule has 19 heavy (non-hydrogen) atoms. The van der Waals surface area contributed by atoms with E-state index in [2.05, 4.69) is 11.1 Å². The summed E-state index contributed by atoms with van der Waals surface area (Å²) in [5.41, 5.74) is 7.14. The van der Waals surface area contributed by atoms with Gasteiger partial charge in [0, 0.05) is 24.4 Å². The Morgan fingerprint density at radius 1 is 1.47 bits per heavy atom. The number of benzene rings is 1. The molecule has 0 spiro atoms. The second-order valence-corrected chi connectivity index (χ2v) is 4.15. The van der Waals surface area contributed by atoms with Crippen LogP contribution in [0.1, 0.15) is 17.0 Å². The van der Waals surface area contributed by atoms with E-state index in [0.717, 1.165) is 23.6 Å². The molecule has 2 rings (SSSR count). The molecule has 1 aromatic heterocycles. The molecular weight excluding hydrogens is 240 g/mol. The van der Waals surface area contributed by atoms with Gasteiger partial charge in [0.05, 0.1) is 25.3 Å². The highest BCUT2D eigenvalue weighted by molar-refractivity contribution is 5.42. The third-order valence-corrected chi connectivity index (χ3v) is 2.92. The first-order valence-electron chi connectivity index (χ1n) is 6.05. The molecule has 0 saturated heterocycles. The van der Waals surface area contributed by atoms with Crippen molar-refractivity contribution in [2.45, 2.75) is 13.0 Å². The highest BCUT2D eigenvalue weighted by atomic mass is 16.5. The summed E-state index contributed by atoms with van der Waals surface area (Å²) in [4.78, 5) is 4.28. The van der Waals surface area contributed by atoms with E-state index in [1.54, 1.807) is 19.4 Å². The van der Waals surface area contributed by atoms with Crippen LogP contribution in [0.25, 0.3) is 0 Å². The van der Waals surface area contributed by atoms with Crippen molar-refractivity contribution in [1.29, 1.82) is 5.26 Å². The van der Waals surface area contributed by atoms with E-state index in [9.17, 15) is 0 Å². The van der Waals surface area contributed by atoms with Crippen molar-refractivity contribution in [1.82, 2.24) is 9.55 Å². The molecule has 0 bridgehead atoms. The van der Waals surface area contributed by atoms with Crippen LogP contribution in [-0.2, 0) is 13.0 Å². The summed E-state index contributed by atoms with van der Waals surface area (Å²) < 4.78 is 7.35. The van der Waals surface area contributed by atoms with Crippen molar-refractivity contribution >= 4 is 0 Å². The van der Waals surface area contributed by atoms with Gasteiger partial charge in [0.2, 0.25) is 0 Å². The van der Waals surface area contributed by atoms with Crippen LogP contribution in [-0.4, -0.2) is 23.2 Å². The standard InChI is InChI=1S/C14H16N4O/c1-19-13-3-2-11(9-16)8-12(13)10-18-7-6-17-14(18)4-5-15/h2-3,6-8H,4-5,10,15H2,1H3. The fraction of sp³-hybridized carbons (Fsp3) is 0.286. The van der Waals surface area contributed by atoms with Crippen molar-refractivity contribution in [2.24, 2.45) is 5.73 Å². The van der Waals surface area contributed by atoms with Crippen LogP contribution in [0.5, 0.6) is 5.75 Å². The number of rotatable bonds is 5. The van der Waals surface area contributed by atoms with E-state index in [-0.39, 0.29) is 0 Å². The lowest BCUT2D eigenvalue weighted by Gasteiger charge is -2.11. The first kappa shape index (κ1) is 13.1. The fourth-order valence-electron chi connectivity index (χ4n) is 2.00. The number of nitrogens with zero attached hydrogens (tertiary/aromatic N) is 3. The number of nitriles is 1. The minimum absolute atomic E-state index is 0.562. The van der Waals surface area contributed by atoms with Gasteiger partial charge in [0.1, 0.15) is 11.6 Å². The largest absolute Gasteiger partial charge is 0.496 e. The lowest BCUT2D eigenvalue weighted by Crippen LogP contribution is -2.11. The summed E-state index contributed by atoms with van der Waals surface area (Å²) in [6, 6.07) is 7.54. The van der Waals surface area contributed by atoms with Gasteiger partial charge in [-0.25, -0.2) is 4.98 Å². The number of imidazole rings is 1. The maximum Gasteiger partial charge on any atom is 0.123 e. The Morgan fingerprint density at radius 3 is 3.00 bits per heavy atom. The normalized spacial score (nSPS) is 10.2. The van der Waals surface area contributed by atoms with Crippen LogP contribution in [0.15, 0.2) is 30.6 Å². The molecule has 1 heterocycles. The summed E-state index contributed by atoms with van der Waals surface area (Å²) in [7, 11) is 1.62. The topological polar surface area (TPSA) is 76.9 Å². The zero-order chi connectivity index (χ0) is 13.7. The van der Waals surface area contributed by atoms with Crippen molar-refractivity contribution in [3.63, 3.8) is 0 Å². The Balaban J connectivity index is 2.31. The monoisotopic (exact) mass is 256 g/mol. The Hall–Kier alpha value is -2.32. The molecule has 0 unspecified atom stereocenters. The molecule has 0 radical (unpaired) electrons. The summed E-state index contributed by atoms with van der Waals surface area (Å²) in [6.07, 6.45) is 4.39. The van der Waals surface area contributed by atoms with Crippen LogP contribution in [0.2, 0.25) is 0 Å². The predicted molar refractivity (Wildman–Crippen MR) is 71.8 cm³/mol. The van der Waals surface area contributed by atoms with Crippen LogP contribution in [0.3, 0.4) is 0 Å². The lowest BCUT2D eigenvalue weighted by molar-refractivity contribution is 0.408. The summed E-state index contributed by atoms with van der Waals surface area (Å²) in [6.45, 7) is 1.18. The van der Waals surface area contributed by atoms with Gasteiger partial charge in [-0.1, -0.05) is 0 Å². The van der Waals surface area contributed by atoms with Crippen LogP contribution in [0.4, 0.5) is 0 Å². The first-order valence-corrected chi connectivity index (χ1v) is 6.05. The van der Waals surface area contributed by atoms with E-state index in [1.165, 1.54) is 0 Å². The molecule has 2 aromatic rings. The number of aromatic nitrogens is 2. The first-order chi connectivity index (χ1) is 9.28. The lowest BCUT2D eigenvalue weighted by atomic mass is 10.1. The number of methoxy groups -OCH3 is 1. The maximum atomic E-state index is 8.96. The molecule has 5 heteroatoms. The quantitative estimate of drug-likeness (QED) is 0.875. The molecule has 0 aliphatic rings. The van der Waals surface area contributed by atoms with Gasteiger partial charge in [-0.2, -0.15) is 5.26 Å². The minimum atomic E-state index is 0.562. The zero-order valence-electron chi connectivity index (χ0n) is 10.8. The smallest absolute Gasteiger partial charge is 0.123 e. The molecule has 2 N–H and O–H groups in total. The average molecular weight is 256 g/mol. The SMILES string of the molecule is COc1ccc(C#N)cc1Cn1ccnc1CCN. The van der Waals surface area contributed by atoms with Crippen molar-refractivity contribution < 1.29 is 4.74 Å². The fourth-order valence-corrected chi connectivity index (χ4v) is 2.00. The maximum absolute atomic E-state index is 8.96. The Labute approximate surface area is 112 Å². The molecule has 0 fully saturated rings. The van der Waals surface area contributed by atoms with Gasteiger partial charge in [-0.15, -0.1) is 0 Å². The van der Waals surface area contributed by atoms with Gasteiger partial charge in [-0.3, -0.25) is 0 Å². The second-order valence-electron chi connectivity index (χ2n) is 4.15. The van der Waals surface area contributed by atoms with E-state index in [4.69, 9.17) is 15.7 Å². The van der Waals surface area contributed by atoms with Crippen molar-refractivity contribution in [2.75, 3.05) is 13.7 Å². The predicted octanol–water partition coefficient (Wildman–Crippen LogP) is 1.31. The summed E-state index contributed by atoms with van der Waals surface area (Å²) >= 11 is 0. The van der Waals surface area contributed by atoms with Crippen molar-refractivity contribution in [3.05, 3.63) is 47.5 Å². The summed E-state index contributed by atoms with van der Waals surface area (Å²) in [5, 5.41) is 8.96. The molecule has 1 aromatic carbocycles. The number of hydrogen-bond acceptors (Lipinski definition) is 4. The molecular formula is C14H16N4O. The van der Waals surface area contributed by atoms with E-state index >= 15 is 0 Å². The third-order valence-electron chi connectivity index (χ3n) is 2.92. The minimum Gasteiger partial charge on any atom is -0.496 e. The van der Waals surface area contributed by atoms with Gasteiger partial charge < -0.3 is 15.0 Å². The molecule has 98 valence electrons. The Bertz CT molecular complexity index is 598. The molecule has 0 aliphatic heterocycles. The summed E-state index contributed by atoms with van der Waals surface area (Å²) in [5.74, 6) is 1.71. The molecule has 0 saturated carbocycles. The Morgan fingerprint density at radius 2 is 2.32 bits per heavy atom. The van der Waals surface area contributed by atoms with Crippen LogP contribution < -0.4 is 10.5 Å². The third kappa shape index (κ3) is 2.92. The highest BCUT2D eigenvalue weighted by Crippen LogP contribution is 2.21. The Kier molecular flexibility index (Phi) is 4.16. The molecule has 5 nitrogen and oxygen atoms in total. The molecule has 0 aliphatic carbocycles. The number of nitrogens with two attached hydrogens (primary N) is 1. The number of hydrogen-bond donors (Lipinski definition) is 1. The van der Waals surface area contributed by atoms with E-state index in [0.29, 0.717) is 18.7 Å². The van der Waals surface area contributed by atoms with Gasteiger partial charge in [-0.05, 0) is 24.7 Å². The van der Waals surface area contributed by atoms with Crippen LogP contribution >= 0.6 is 0 Å². The molecule has 0 amide bonds. The van der Waals surface area contributed by atoms with Gasteiger partial charge in [0.15, 0.2) is 0 Å². The van der Waals surface area contributed by atoms with Crippen molar-refractivity contribution in [3.8, 4) is 11.8 Å². The van der Waals surface area contributed by atoms with E-state index in [1.807, 2.05) is 22.9 Å². The number of ether oxygens (including phenoxy) is 1. The van der Waals surface area contributed by atoms with Gasteiger partial charge in [0.25, 0.3) is 0 Å².